The molecule has 0 N–H and O–H groups in total. The second kappa shape index (κ2) is 6.55. The van der Waals surface area contributed by atoms with Crippen LogP contribution in [0.25, 0.3) is 6.08 Å². The van der Waals surface area contributed by atoms with Crippen molar-refractivity contribution in [3.63, 3.8) is 0 Å². The van der Waals surface area contributed by atoms with Gasteiger partial charge in [0.2, 0.25) is 0 Å². The van der Waals surface area contributed by atoms with Gasteiger partial charge in [-0.15, -0.1) is 0 Å². The molecule has 0 saturated carbocycles. The molecule has 0 radical (unpaired) electrons. The third kappa shape index (κ3) is 3.05. The summed E-state index contributed by atoms with van der Waals surface area (Å²) < 4.78 is 27.1. The molecule has 3 rings (SSSR count). The smallest absolute Gasteiger partial charge is 0.268 e. The predicted molar refractivity (Wildman–Crippen MR) is 91.3 cm³/mol. The lowest BCUT2D eigenvalue weighted by Gasteiger charge is -2.12. The molecule has 2 amide bonds. The summed E-state index contributed by atoms with van der Waals surface area (Å²) in [6.07, 6.45) is 1.22. The van der Waals surface area contributed by atoms with Crippen molar-refractivity contribution in [3.8, 4) is 0 Å². The maximum absolute atomic E-state index is 13.8. The molecule has 0 spiro atoms. The first-order valence-corrected chi connectivity index (χ1v) is 8.13. The second-order valence-electron chi connectivity index (χ2n) is 4.75. The number of hydrogen-bond donors (Lipinski definition) is 0. The van der Waals surface area contributed by atoms with Crippen LogP contribution in [0.1, 0.15) is 5.56 Å². The fourth-order valence-corrected chi connectivity index (χ4v) is 3.31. The highest BCUT2D eigenvalue weighted by Gasteiger charge is 2.36. The van der Waals surface area contributed by atoms with Crippen molar-refractivity contribution in [1.29, 1.82) is 0 Å². The van der Waals surface area contributed by atoms with Gasteiger partial charge in [0, 0.05) is 5.56 Å². The summed E-state index contributed by atoms with van der Waals surface area (Å²) >= 11 is 12.2. The summed E-state index contributed by atoms with van der Waals surface area (Å²) in [6.45, 7) is 0. The SMILES string of the molecule is O=C1S/C(=C\c2c(F)cccc2Cl)C(=O)N1c1ccc(F)c(Cl)c1. The Bertz CT molecular complexity index is 881. The van der Waals surface area contributed by atoms with Crippen LogP contribution in [0.15, 0.2) is 41.3 Å². The maximum Gasteiger partial charge on any atom is 0.298 e. The lowest BCUT2D eigenvalue weighted by molar-refractivity contribution is -0.113. The van der Waals surface area contributed by atoms with Gasteiger partial charge in [-0.05, 0) is 48.2 Å². The fourth-order valence-electron chi connectivity index (χ4n) is 2.09. The van der Waals surface area contributed by atoms with Crippen LogP contribution in [-0.2, 0) is 4.79 Å². The lowest BCUT2D eigenvalue weighted by atomic mass is 10.2. The number of halogens is 4. The zero-order valence-electron chi connectivity index (χ0n) is 11.7. The van der Waals surface area contributed by atoms with Crippen molar-refractivity contribution in [2.45, 2.75) is 0 Å². The van der Waals surface area contributed by atoms with E-state index >= 15 is 0 Å². The highest BCUT2D eigenvalue weighted by molar-refractivity contribution is 8.19. The molecular formula is C16H7Cl2F2NO2S. The van der Waals surface area contributed by atoms with E-state index in [2.05, 4.69) is 0 Å². The minimum absolute atomic E-state index is 0.00690. The molecular weight excluding hydrogens is 379 g/mol. The Morgan fingerprint density at radius 2 is 1.75 bits per heavy atom. The molecule has 0 atom stereocenters. The molecule has 0 aromatic heterocycles. The number of carbonyl (C=O) groups is 2. The van der Waals surface area contributed by atoms with E-state index in [1.165, 1.54) is 36.4 Å². The summed E-state index contributed by atoms with van der Waals surface area (Å²) in [5, 5.41) is -0.694. The topological polar surface area (TPSA) is 37.4 Å². The molecule has 1 aliphatic rings. The Hall–Kier alpha value is -1.89. The average molecular weight is 386 g/mol. The Labute approximate surface area is 149 Å². The Morgan fingerprint density at radius 1 is 1.00 bits per heavy atom. The van der Waals surface area contributed by atoms with E-state index < -0.39 is 22.8 Å². The van der Waals surface area contributed by atoms with Crippen molar-refractivity contribution < 1.29 is 18.4 Å². The quantitative estimate of drug-likeness (QED) is 0.639. The largest absolute Gasteiger partial charge is 0.298 e. The van der Waals surface area contributed by atoms with Crippen LogP contribution >= 0.6 is 35.0 Å². The first-order chi connectivity index (χ1) is 11.4. The molecule has 24 heavy (non-hydrogen) atoms. The molecule has 2 aromatic rings. The Balaban J connectivity index is 2.00. The number of imide groups is 1. The normalized spacial score (nSPS) is 16.3. The van der Waals surface area contributed by atoms with Gasteiger partial charge in [-0.3, -0.25) is 9.59 Å². The summed E-state index contributed by atoms with van der Waals surface area (Å²) in [5.74, 6) is -1.94. The van der Waals surface area contributed by atoms with E-state index in [1.54, 1.807) is 0 Å². The zero-order valence-corrected chi connectivity index (χ0v) is 14.1. The van der Waals surface area contributed by atoms with E-state index in [9.17, 15) is 18.4 Å². The van der Waals surface area contributed by atoms with E-state index in [-0.39, 0.29) is 26.2 Å². The molecule has 122 valence electrons. The molecule has 0 bridgehead atoms. The van der Waals surface area contributed by atoms with Gasteiger partial charge in [0.05, 0.1) is 20.6 Å². The number of carbonyl (C=O) groups excluding carboxylic acids is 2. The van der Waals surface area contributed by atoms with Crippen LogP contribution in [-0.4, -0.2) is 11.1 Å². The van der Waals surface area contributed by atoms with Crippen LogP contribution in [0.5, 0.6) is 0 Å². The molecule has 8 heteroatoms. The van der Waals surface area contributed by atoms with Crippen molar-refractivity contribution in [1.82, 2.24) is 0 Å². The van der Waals surface area contributed by atoms with Crippen molar-refractivity contribution in [2.75, 3.05) is 4.90 Å². The monoisotopic (exact) mass is 385 g/mol. The van der Waals surface area contributed by atoms with Crippen LogP contribution in [0, 0.1) is 11.6 Å². The van der Waals surface area contributed by atoms with Crippen LogP contribution in [0.2, 0.25) is 10.0 Å². The average Bonchev–Trinajstić information content (AvgIpc) is 2.80. The maximum atomic E-state index is 13.8. The number of hydrogen-bond acceptors (Lipinski definition) is 3. The summed E-state index contributed by atoms with van der Waals surface area (Å²) in [5.41, 5.74) is 0.147. The highest BCUT2D eigenvalue weighted by Crippen LogP contribution is 2.37. The van der Waals surface area contributed by atoms with Crippen LogP contribution in [0.4, 0.5) is 19.3 Å². The van der Waals surface area contributed by atoms with E-state index in [4.69, 9.17) is 23.2 Å². The summed E-state index contributed by atoms with van der Waals surface area (Å²) in [6, 6.07) is 7.59. The minimum atomic E-state index is -0.666. The second-order valence-corrected chi connectivity index (χ2v) is 6.56. The summed E-state index contributed by atoms with van der Waals surface area (Å²) in [7, 11) is 0. The number of benzene rings is 2. The van der Waals surface area contributed by atoms with Gasteiger partial charge in [-0.2, -0.15) is 0 Å². The van der Waals surface area contributed by atoms with Crippen LogP contribution < -0.4 is 4.90 Å². The van der Waals surface area contributed by atoms with E-state index in [0.29, 0.717) is 11.8 Å². The van der Waals surface area contributed by atoms with Crippen molar-refractivity contribution in [3.05, 3.63) is 68.5 Å². The van der Waals surface area contributed by atoms with E-state index in [1.807, 2.05) is 0 Å². The van der Waals surface area contributed by atoms with Gasteiger partial charge in [0.1, 0.15) is 11.6 Å². The number of thioether (sulfide) groups is 1. The van der Waals surface area contributed by atoms with Gasteiger partial charge in [-0.1, -0.05) is 29.3 Å². The predicted octanol–water partition coefficient (Wildman–Crippen LogP) is 5.51. The Morgan fingerprint density at radius 3 is 2.42 bits per heavy atom. The first-order valence-electron chi connectivity index (χ1n) is 6.55. The zero-order chi connectivity index (χ0) is 17.4. The van der Waals surface area contributed by atoms with Gasteiger partial charge >= 0.3 is 0 Å². The molecule has 0 unspecified atom stereocenters. The van der Waals surface area contributed by atoms with Gasteiger partial charge in [0.25, 0.3) is 11.1 Å². The van der Waals surface area contributed by atoms with Gasteiger partial charge in [-0.25, -0.2) is 13.7 Å². The van der Waals surface area contributed by atoms with Crippen LogP contribution in [0.3, 0.4) is 0 Å². The minimum Gasteiger partial charge on any atom is -0.268 e. The number of amides is 2. The third-order valence-corrected chi connectivity index (χ3v) is 4.72. The molecule has 1 saturated heterocycles. The number of nitrogens with zero attached hydrogens (tertiary/aromatic N) is 1. The Kier molecular flexibility index (Phi) is 4.62. The highest BCUT2D eigenvalue weighted by atomic mass is 35.5. The fraction of sp³-hybridized carbons (Fsp3) is 0. The summed E-state index contributed by atoms with van der Waals surface area (Å²) in [4.78, 5) is 25.4. The number of rotatable bonds is 2. The molecule has 2 aromatic carbocycles. The molecule has 1 fully saturated rings. The number of anilines is 1. The standard InChI is InChI=1S/C16H7Cl2F2NO2S/c17-10-2-1-3-12(19)9(10)7-14-15(22)21(16(23)24-14)8-4-5-13(20)11(18)6-8/h1-7H/b14-7-. The molecule has 0 aliphatic carbocycles. The van der Waals surface area contributed by atoms with Gasteiger partial charge in [0.15, 0.2) is 0 Å². The van der Waals surface area contributed by atoms with E-state index in [0.717, 1.165) is 11.0 Å². The molecule has 1 aliphatic heterocycles. The van der Waals surface area contributed by atoms with Crippen molar-refractivity contribution in [2.24, 2.45) is 0 Å². The molecule has 1 heterocycles. The van der Waals surface area contributed by atoms with Gasteiger partial charge < -0.3 is 0 Å². The lowest BCUT2D eigenvalue weighted by Crippen LogP contribution is -2.27. The molecule has 3 nitrogen and oxygen atoms in total. The third-order valence-electron chi connectivity index (χ3n) is 3.23. The van der Waals surface area contributed by atoms with Crippen molar-refractivity contribution >= 4 is 57.9 Å². The first kappa shape index (κ1) is 17.0.